The van der Waals surface area contributed by atoms with Crippen molar-refractivity contribution in [1.82, 2.24) is 5.32 Å². The number of carbonyl (C=O) groups is 1. The van der Waals surface area contributed by atoms with Crippen LogP contribution in [-0.4, -0.2) is 73.4 Å². The second-order valence-corrected chi connectivity index (χ2v) is 12.3. The van der Waals surface area contributed by atoms with Gasteiger partial charge in [-0.2, -0.15) is 0 Å². The van der Waals surface area contributed by atoms with Gasteiger partial charge in [-0.15, -0.1) is 0 Å². The lowest BCUT2D eigenvalue weighted by atomic mass is 10.1. The largest absolute Gasteiger partial charge is 0.472 e. The molecule has 8 nitrogen and oxygen atoms in total. The summed E-state index contributed by atoms with van der Waals surface area (Å²) in [6.07, 6.45) is 25.5. The Morgan fingerprint density at radius 2 is 1.39 bits per heavy atom. The number of carbonyl (C=O) groups excluding carboxylic acids is 1. The highest BCUT2D eigenvalue weighted by molar-refractivity contribution is 7.47. The number of aliphatic hydroxyl groups is 1. The molecule has 3 atom stereocenters. The van der Waals surface area contributed by atoms with Gasteiger partial charge in [0, 0.05) is 6.92 Å². The van der Waals surface area contributed by atoms with Crippen molar-refractivity contribution in [3.8, 4) is 0 Å². The zero-order chi connectivity index (χ0) is 28.7. The van der Waals surface area contributed by atoms with Crippen LogP contribution in [-0.2, 0) is 18.4 Å². The Balaban J connectivity index is 4.16. The minimum Gasteiger partial charge on any atom is -0.387 e. The molecule has 0 rings (SSSR count). The Hall–Kier alpha value is -1.28. The Morgan fingerprint density at radius 1 is 0.868 bits per heavy atom. The zero-order valence-electron chi connectivity index (χ0n) is 24.6. The predicted molar refractivity (Wildman–Crippen MR) is 157 cm³/mol. The number of phosphoric acid groups is 1. The number of aliphatic hydroxyl groups excluding tert-OH is 1. The summed E-state index contributed by atoms with van der Waals surface area (Å²) in [5.41, 5.74) is 0. The third-order valence-corrected chi connectivity index (χ3v) is 6.86. The first kappa shape index (κ1) is 36.7. The fourth-order valence-corrected chi connectivity index (χ4v) is 4.31. The number of unbranched alkanes of at least 4 members (excludes halogenated alkanes) is 9. The van der Waals surface area contributed by atoms with Gasteiger partial charge in [-0.1, -0.05) is 81.9 Å². The number of rotatable bonds is 24. The summed E-state index contributed by atoms with van der Waals surface area (Å²) in [4.78, 5) is 21.4. The molecule has 9 heteroatoms. The topological polar surface area (TPSA) is 105 Å². The molecule has 0 heterocycles. The molecule has 0 aliphatic rings. The molecule has 0 aliphatic heterocycles. The molecule has 0 aromatic heterocycles. The highest BCUT2D eigenvalue weighted by atomic mass is 31.2. The molecule has 38 heavy (non-hydrogen) atoms. The summed E-state index contributed by atoms with van der Waals surface area (Å²) >= 11 is 0. The van der Waals surface area contributed by atoms with E-state index in [2.05, 4.69) is 36.5 Å². The average molecular weight is 560 g/mol. The molecule has 0 saturated heterocycles. The van der Waals surface area contributed by atoms with E-state index in [0.29, 0.717) is 11.0 Å². The van der Waals surface area contributed by atoms with E-state index < -0.39 is 20.0 Å². The molecule has 0 saturated carbocycles. The standard InChI is InChI=1S/C29H55N2O6P/c1-6-7-8-9-10-11-12-13-14-15-16-17-18-19-20-21-22-23-29(33)28(30-27(2)32)26-37-38(34,35)36-25-24-31(3,4)5/h14-15,18-19,22-23,28-29,33H,6-13,16-17,20-21,24-26H2,1-5H3,(H-,30,32,34,35)/p+1/b15-14+,19-18+,23-22+. The van der Waals surface area contributed by atoms with Crippen LogP contribution in [0.4, 0.5) is 0 Å². The van der Waals surface area contributed by atoms with Gasteiger partial charge in [0.25, 0.3) is 0 Å². The summed E-state index contributed by atoms with van der Waals surface area (Å²) in [5, 5.41) is 13.0. The maximum Gasteiger partial charge on any atom is 0.472 e. The van der Waals surface area contributed by atoms with Crippen molar-refractivity contribution in [3.05, 3.63) is 36.5 Å². The number of phosphoric ester groups is 1. The van der Waals surface area contributed by atoms with Crippen LogP contribution in [0.2, 0.25) is 0 Å². The van der Waals surface area contributed by atoms with Crippen LogP contribution in [0, 0.1) is 0 Å². The maximum absolute atomic E-state index is 12.1. The van der Waals surface area contributed by atoms with Gasteiger partial charge in [-0.05, 0) is 38.5 Å². The van der Waals surface area contributed by atoms with Crippen LogP contribution < -0.4 is 5.32 Å². The van der Waals surface area contributed by atoms with Crippen LogP contribution in [0.5, 0.6) is 0 Å². The summed E-state index contributed by atoms with van der Waals surface area (Å²) in [5.74, 6) is -0.371. The van der Waals surface area contributed by atoms with E-state index in [1.165, 1.54) is 58.3 Å². The summed E-state index contributed by atoms with van der Waals surface area (Å²) in [6.45, 7) is 3.79. The maximum atomic E-state index is 12.1. The van der Waals surface area contributed by atoms with Crippen LogP contribution >= 0.6 is 7.82 Å². The van der Waals surface area contributed by atoms with E-state index in [9.17, 15) is 19.4 Å². The van der Waals surface area contributed by atoms with E-state index in [0.717, 1.165) is 25.7 Å². The van der Waals surface area contributed by atoms with Crippen molar-refractivity contribution in [1.29, 1.82) is 0 Å². The Kier molecular flexibility index (Phi) is 21.8. The van der Waals surface area contributed by atoms with Crippen molar-refractivity contribution >= 4 is 13.7 Å². The van der Waals surface area contributed by atoms with Gasteiger partial charge in [-0.3, -0.25) is 13.8 Å². The Labute approximate surface area is 232 Å². The fourth-order valence-electron chi connectivity index (χ4n) is 3.57. The molecular formula is C29H56N2O6P+. The zero-order valence-corrected chi connectivity index (χ0v) is 25.5. The molecule has 0 spiro atoms. The molecule has 0 aliphatic carbocycles. The van der Waals surface area contributed by atoms with Gasteiger partial charge in [0.2, 0.25) is 5.91 Å². The summed E-state index contributed by atoms with van der Waals surface area (Å²) in [7, 11) is 1.53. The van der Waals surface area contributed by atoms with Crippen molar-refractivity contribution in [2.45, 2.75) is 103 Å². The van der Waals surface area contributed by atoms with Crippen LogP contribution in [0.1, 0.15) is 90.9 Å². The van der Waals surface area contributed by atoms with Crippen molar-refractivity contribution < 1.29 is 32.9 Å². The fraction of sp³-hybridized carbons (Fsp3) is 0.759. The molecule has 0 fully saturated rings. The Morgan fingerprint density at radius 3 is 1.95 bits per heavy atom. The number of hydrogen-bond donors (Lipinski definition) is 3. The normalized spacial score (nSPS) is 15.9. The van der Waals surface area contributed by atoms with Crippen molar-refractivity contribution in [2.75, 3.05) is 40.9 Å². The molecule has 0 aromatic carbocycles. The first-order chi connectivity index (χ1) is 18.0. The molecule has 0 radical (unpaired) electrons. The predicted octanol–water partition coefficient (Wildman–Crippen LogP) is 6.06. The van der Waals surface area contributed by atoms with Gasteiger partial charge in [0.05, 0.1) is 39.9 Å². The van der Waals surface area contributed by atoms with Gasteiger partial charge in [0.1, 0.15) is 13.2 Å². The number of nitrogens with one attached hydrogen (secondary N) is 1. The smallest absolute Gasteiger partial charge is 0.387 e. The van der Waals surface area contributed by atoms with E-state index in [-0.39, 0.29) is 19.1 Å². The third-order valence-electron chi connectivity index (χ3n) is 5.88. The lowest BCUT2D eigenvalue weighted by Gasteiger charge is -2.25. The van der Waals surface area contributed by atoms with E-state index >= 15 is 0 Å². The molecule has 1 amide bonds. The van der Waals surface area contributed by atoms with Crippen molar-refractivity contribution in [3.63, 3.8) is 0 Å². The number of hydrogen-bond acceptors (Lipinski definition) is 5. The first-order valence-corrected chi connectivity index (χ1v) is 15.8. The SMILES string of the molecule is CCCCCCCCC/C=C/CC/C=C/CC/C=C/C(O)C(COP(=O)(O)OCC[N+](C)(C)C)NC(C)=O. The third kappa shape index (κ3) is 25.0. The van der Waals surface area contributed by atoms with Crippen molar-refractivity contribution in [2.24, 2.45) is 0 Å². The minimum absolute atomic E-state index is 0.0492. The van der Waals surface area contributed by atoms with Gasteiger partial charge >= 0.3 is 7.82 Å². The van der Waals surface area contributed by atoms with Crippen LogP contribution in [0.15, 0.2) is 36.5 Å². The van der Waals surface area contributed by atoms with E-state index in [1.807, 2.05) is 27.2 Å². The molecule has 0 aromatic rings. The molecule has 3 N–H and O–H groups in total. The number of amides is 1. The monoisotopic (exact) mass is 559 g/mol. The highest BCUT2D eigenvalue weighted by Gasteiger charge is 2.27. The lowest BCUT2D eigenvalue weighted by Crippen LogP contribution is -2.44. The number of nitrogens with zero attached hydrogens (tertiary/aromatic N) is 1. The average Bonchev–Trinajstić information content (AvgIpc) is 2.82. The number of likely N-dealkylation sites (N-methyl/N-ethyl adjacent to an activating group) is 1. The highest BCUT2D eigenvalue weighted by Crippen LogP contribution is 2.43. The quantitative estimate of drug-likeness (QED) is 0.0575. The molecular weight excluding hydrogens is 503 g/mol. The van der Waals surface area contributed by atoms with Crippen LogP contribution in [0.25, 0.3) is 0 Å². The second-order valence-electron chi connectivity index (χ2n) is 10.8. The van der Waals surface area contributed by atoms with Gasteiger partial charge < -0.3 is 19.8 Å². The summed E-state index contributed by atoms with van der Waals surface area (Å²) < 4.78 is 22.7. The first-order valence-electron chi connectivity index (χ1n) is 14.3. The molecule has 0 bridgehead atoms. The van der Waals surface area contributed by atoms with Gasteiger partial charge in [-0.25, -0.2) is 4.57 Å². The number of quaternary nitrogens is 1. The minimum atomic E-state index is -4.29. The van der Waals surface area contributed by atoms with Gasteiger partial charge in [0.15, 0.2) is 0 Å². The number of allylic oxidation sites excluding steroid dienone is 5. The van der Waals surface area contributed by atoms with Crippen LogP contribution in [0.3, 0.4) is 0 Å². The lowest BCUT2D eigenvalue weighted by molar-refractivity contribution is -0.870. The Bertz CT molecular complexity index is 733. The molecule has 222 valence electrons. The van der Waals surface area contributed by atoms with E-state index in [4.69, 9.17) is 9.05 Å². The second kappa shape index (κ2) is 22.5. The summed E-state index contributed by atoms with van der Waals surface area (Å²) in [6, 6.07) is -0.866. The molecule has 3 unspecified atom stereocenters. The van der Waals surface area contributed by atoms with E-state index in [1.54, 1.807) is 6.08 Å².